The fraction of sp³-hybridized carbons (Fsp3) is 0.684. The van der Waals surface area contributed by atoms with Crippen LogP contribution in [0.2, 0.25) is 0 Å². The third-order valence-electron chi connectivity index (χ3n) is 4.91. The summed E-state index contributed by atoms with van der Waals surface area (Å²) in [6.07, 6.45) is 5.91. The van der Waals surface area contributed by atoms with Gasteiger partial charge >= 0.3 is 0 Å². The van der Waals surface area contributed by atoms with Gasteiger partial charge < -0.3 is 10.5 Å². The lowest BCUT2D eigenvalue weighted by molar-refractivity contribution is 0.285. The second-order valence-electron chi connectivity index (χ2n) is 7.18. The SMILES string of the molecule is COc1c(C(C)C)ccc(C(C)C)c1C1(N)CCCCC1. The van der Waals surface area contributed by atoms with E-state index in [-0.39, 0.29) is 5.54 Å². The van der Waals surface area contributed by atoms with E-state index in [2.05, 4.69) is 39.8 Å². The molecule has 1 fully saturated rings. The molecule has 0 atom stereocenters. The Balaban J connectivity index is 2.66. The van der Waals surface area contributed by atoms with Crippen LogP contribution in [0.1, 0.15) is 88.3 Å². The minimum absolute atomic E-state index is 0.214. The van der Waals surface area contributed by atoms with Crippen LogP contribution in [0.25, 0.3) is 0 Å². The first kappa shape index (κ1) is 16.4. The summed E-state index contributed by atoms with van der Waals surface area (Å²) in [5, 5.41) is 0. The molecule has 118 valence electrons. The zero-order valence-electron chi connectivity index (χ0n) is 14.3. The van der Waals surface area contributed by atoms with E-state index in [0.717, 1.165) is 18.6 Å². The molecule has 0 aromatic heterocycles. The zero-order valence-corrected chi connectivity index (χ0v) is 14.3. The molecule has 1 aromatic carbocycles. The summed E-state index contributed by atoms with van der Waals surface area (Å²) < 4.78 is 5.87. The lowest BCUT2D eigenvalue weighted by Gasteiger charge is -2.38. The van der Waals surface area contributed by atoms with E-state index in [1.807, 2.05) is 0 Å². The molecule has 21 heavy (non-hydrogen) atoms. The van der Waals surface area contributed by atoms with Crippen LogP contribution in [0.5, 0.6) is 5.75 Å². The molecule has 0 heterocycles. The van der Waals surface area contributed by atoms with Crippen LogP contribution in [0, 0.1) is 0 Å². The fourth-order valence-electron chi connectivity index (χ4n) is 3.72. The molecule has 2 nitrogen and oxygen atoms in total. The molecule has 2 N–H and O–H groups in total. The van der Waals surface area contributed by atoms with Crippen molar-refractivity contribution in [3.8, 4) is 5.75 Å². The smallest absolute Gasteiger partial charge is 0.127 e. The van der Waals surface area contributed by atoms with Gasteiger partial charge in [-0.15, -0.1) is 0 Å². The predicted octanol–water partition coefficient (Wildman–Crippen LogP) is 5.06. The molecule has 1 aliphatic rings. The van der Waals surface area contributed by atoms with Gasteiger partial charge in [-0.2, -0.15) is 0 Å². The number of hydrogen-bond acceptors (Lipinski definition) is 2. The average Bonchev–Trinajstić information content (AvgIpc) is 2.46. The molecule has 0 unspecified atom stereocenters. The summed E-state index contributed by atoms with van der Waals surface area (Å²) in [4.78, 5) is 0. The van der Waals surface area contributed by atoms with Crippen molar-refractivity contribution in [3.05, 3.63) is 28.8 Å². The molecular weight excluding hydrogens is 258 g/mol. The van der Waals surface area contributed by atoms with Crippen molar-refractivity contribution in [1.82, 2.24) is 0 Å². The highest BCUT2D eigenvalue weighted by atomic mass is 16.5. The van der Waals surface area contributed by atoms with Crippen LogP contribution in [0.15, 0.2) is 12.1 Å². The molecule has 0 radical (unpaired) electrons. The molecule has 1 saturated carbocycles. The Labute approximate surface area is 130 Å². The molecule has 0 amide bonds. The van der Waals surface area contributed by atoms with Crippen LogP contribution in [0.3, 0.4) is 0 Å². The van der Waals surface area contributed by atoms with Crippen molar-refractivity contribution in [2.45, 2.75) is 77.2 Å². The molecule has 0 aliphatic heterocycles. The Hall–Kier alpha value is -1.02. The van der Waals surface area contributed by atoms with E-state index in [9.17, 15) is 0 Å². The monoisotopic (exact) mass is 289 g/mol. The minimum atomic E-state index is -0.214. The Bertz CT molecular complexity index is 485. The van der Waals surface area contributed by atoms with Crippen LogP contribution in [-0.4, -0.2) is 7.11 Å². The van der Waals surface area contributed by atoms with Crippen molar-refractivity contribution in [3.63, 3.8) is 0 Å². The van der Waals surface area contributed by atoms with Crippen molar-refractivity contribution in [2.24, 2.45) is 5.73 Å². The molecule has 2 rings (SSSR count). The lowest BCUT2D eigenvalue weighted by atomic mass is 9.73. The first-order valence-corrected chi connectivity index (χ1v) is 8.41. The van der Waals surface area contributed by atoms with Crippen molar-refractivity contribution >= 4 is 0 Å². The maximum Gasteiger partial charge on any atom is 0.127 e. The van der Waals surface area contributed by atoms with Gasteiger partial charge in [0.15, 0.2) is 0 Å². The molecule has 0 bridgehead atoms. The van der Waals surface area contributed by atoms with Crippen LogP contribution < -0.4 is 10.5 Å². The highest BCUT2D eigenvalue weighted by Crippen LogP contribution is 2.45. The van der Waals surface area contributed by atoms with Crippen LogP contribution in [-0.2, 0) is 5.54 Å². The van der Waals surface area contributed by atoms with E-state index in [4.69, 9.17) is 10.5 Å². The average molecular weight is 289 g/mol. The van der Waals surface area contributed by atoms with E-state index >= 15 is 0 Å². The van der Waals surface area contributed by atoms with Gasteiger partial charge in [0.2, 0.25) is 0 Å². The zero-order chi connectivity index (χ0) is 15.6. The summed E-state index contributed by atoms with van der Waals surface area (Å²) in [5.41, 5.74) is 10.6. The van der Waals surface area contributed by atoms with Gasteiger partial charge in [0.05, 0.1) is 7.11 Å². The van der Waals surface area contributed by atoms with Gasteiger partial charge in [0.1, 0.15) is 5.75 Å². The number of nitrogens with two attached hydrogens (primary N) is 1. The third kappa shape index (κ3) is 3.11. The highest BCUT2D eigenvalue weighted by molar-refractivity contribution is 5.52. The van der Waals surface area contributed by atoms with Crippen molar-refractivity contribution in [2.75, 3.05) is 7.11 Å². The summed E-state index contributed by atoms with van der Waals surface area (Å²) >= 11 is 0. The standard InChI is InChI=1S/C19H31NO/c1-13(2)15-9-10-16(14(3)4)18(21-5)17(15)19(20)11-7-6-8-12-19/h9-10,13-14H,6-8,11-12,20H2,1-5H3. The Morgan fingerprint density at radius 2 is 1.48 bits per heavy atom. The van der Waals surface area contributed by atoms with Gasteiger partial charge in [-0.25, -0.2) is 0 Å². The van der Waals surface area contributed by atoms with E-state index in [0.29, 0.717) is 11.8 Å². The second kappa shape index (κ2) is 6.39. The molecule has 2 heteroatoms. The summed E-state index contributed by atoms with van der Waals surface area (Å²) in [6, 6.07) is 4.51. The first-order valence-electron chi connectivity index (χ1n) is 8.41. The number of rotatable bonds is 4. The normalized spacial score (nSPS) is 18.3. The summed E-state index contributed by atoms with van der Waals surface area (Å²) in [6.45, 7) is 8.94. The largest absolute Gasteiger partial charge is 0.496 e. The van der Waals surface area contributed by atoms with E-state index < -0.39 is 0 Å². The summed E-state index contributed by atoms with van der Waals surface area (Å²) in [5.74, 6) is 1.96. The third-order valence-corrected chi connectivity index (χ3v) is 4.91. The van der Waals surface area contributed by atoms with Gasteiger partial charge in [0, 0.05) is 11.1 Å². The topological polar surface area (TPSA) is 35.2 Å². The van der Waals surface area contributed by atoms with Gasteiger partial charge in [-0.1, -0.05) is 59.1 Å². The summed E-state index contributed by atoms with van der Waals surface area (Å²) in [7, 11) is 1.79. The minimum Gasteiger partial charge on any atom is -0.496 e. The van der Waals surface area contributed by atoms with E-state index in [1.165, 1.54) is 36.0 Å². The molecule has 0 saturated heterocycles. The Morgan fingerprint density at radius 1 is 0.952 bits per heavy atom. The van der Waals surface area contributed by atoms with Gasteiger partial charge in [-0.3, -0.25) is 0 Å². The van der Waals surface area contributed by atoms with Crippen LogP contribution >= 0.6 is 0 Å². The number of benzene rings is 1. The first-order chi connectivity index (χ1) is 9.90. The molecule has 1 aromatic rings. The number of methoxy groups -OCH3 is 1. The van der Waals surface area contributed by atoms with Crippen molar-refractivity contribution in [1.29, 1.82) is 0 Å². The predicted molar refractivity (Wildman–Crippen MR) is 90.1 cm³/mol. The molecule has 1 aliphatic carbocycles. The fourth-order valence-corrected chi connectivity index (χ4v) is 3.72. The molecular formula is C19H31NO. The maximum atomic E-state index is 6.88. The van der Waals surface area contributed by atoms with Crippen LogP contribution in [0.4, 0.5) is 0 Å². The quantitative estimate of drug-likeness (QED) is 0.840. The van der Waals surface area contributed by atoms with Gasteiger partial charge in [-0.05, 0) is 35.8 Å². The van der Waals surface area contributed by atoms with Gasteiger partial charge in [0.25, 0.3) is 0 Å². The highest BCUT2D eigenvalue weighted by Gasteiger charge is 2.36. The number of ether oxygens (including phenoxy) is 1. The Kier molecular flexibility index (Phi) is 4.98. The number of hydrogen-bond donors (Lipinski definition) is 1. The van der Waals surface area contributed by atoms with E-state index in [1.54, 1.807) is 7.11 Å². The van der Waals surface area contributed by atoms with Crippen molar-refractivity contribution < 1.29 is 4.74 Å². The maximum absolute atomic E-state index is 6.88. The second-order valence-corrected chi connectivity index (χ2v) is 7.18. The Morgan fingerprint density at radius 3 is 1.95 bits per heavy atom. The molecule has 0 spiro atoms. The lowest BCUT2D eigenvalue weighted by Crippen LogP contribution is -2.40.